The Labute approximate surface area is 133 Å². The molecule has 0 radical (unpaired) electrons. The first-order chi connectivity index (χ1) is 9.62. The number of aliphatic carboxylic acids is 1. The van der Waals surface area contributed by atoms with Crippen LogP contribution < -0.4 is 4.72 Å². The highest BCUT2D eigenvalue weighted by Gasteiger charge is 2.21. The third-order valence-electron chi connectivity index (χ3n) is 3.22. The molecular weight excluding hydrogens is 358 g/mol. The number of nitrogens with one attached hydrogen (secondary N) is 1. The van der Waals surface area contributed by atoms with Gasteiger partial charge in [0.15, 0.2) is 0 Å². The van der Waals surface area contributed by atoms with Crippen molar-refractivity contribution < 1.29 is 18.3 Å². The first-order valence-corrected chi connectivity index (χ1v) is 8.87. The first kappa shape index (κ1) is 18.1. The Balaban J connectivity index is 2.56. The molecule has 0 heterocycles. The quantitative estimate of drug-likeness (QED) is 0.729. The van der Waals surface area contributed by atoms with Gasteiger partial charge in [0.2, 0.25) is 10.0 Å². The third-order valence-corrected chi connectivity index (χ3v) is 5.17. The van der Waals surface area contributed by atoms with Crippen LogP contribution >= 0.6 is 15.9 Å². The minimum absolute atomic E-state index is 0.0887. The smallest absolute Gasteiger partial charge is 0.303 e. The lowest BCUT2D eigenvalue weighted by Gasteiger charge is -2.23. The molecule has 0 saturated heterocycles. The lowest BCUT2D eigenvalue weighted by atomic mass is 9.84. The largest absolute Gasteiger partial charge is 0.481 e. The van der Waals surface area contributed by atoms with E-state index in [0.717, 1.165) is 0 Å². The van der Waals surface area contributed by atoms with E-state index >= 15 is 0 Å². The van der Waals surface area contributed by atoms with Crippen molar-refractivity contribution in [1.82, 2.24) is 4.72 Å². The number of rotatable bonds is 8. The Bertz CT molecular complexity index is 599. The van der Waals surface area contributed by atoms with Gasteiger partial charge in [-0.2, -0.15) is 0 Å². The van der Waals surface area contributed by atoms with Crippen LogP contribution in [-0.4, -0.2) is 26.0 Å². The van der Waals surface area contributed by atoms with Crippen LogP contribution in [0.3, 0.4) is 0 Å². The second-order valence-electron chi connectivity index (χ2n) is 5.66. The van der Waals surface area contributed by atoms with Gasteiger partial charge in [0.25, 0.3) is 0 Å². The van der Waals surface area contributed by atoms with Crippen molar-refractivity contribution in [2.75, 3.05) is 6.54 Å². The fourth-order valence-corrected chi connectivity index (χ4v) is 3.44. The number of benzene rings is 1. The van der Waals surface area contributed by atoms with Crippen molar-refractivity contribution in [2.45, 2.75) is 38.0 Å². The summed E-state index contributed by atoms with van der Waals surface area (Å²) in [6, 6.07) is 6.49. The van der Waals surface area contributed by atoms with Gasteiger partial charge in [-0.05, 0) is 36.5 Å². The molecule has 0 saturated carbocycles. The van der Waals surface area contributed by atoms with Crippen molar-refractivity contribution in [1.29, 1.82) is 0 Å². The Morgan fingerprint density at radius 2 is 2.00 bits per heavy atom. The minimum Gasteiger partial charge on any atom is -0.481 e. The van der Waals surface area contributed by atoms with Gasteiger partial charge in [0.05, 0.1) is 4.90 Å². The van der Waals surface area contributed by atoms with E-state index in [-0.39, 0.29) is 23.3 Å². The standard InChI is InChI=1S/C14H20BrNO4S/c1-14(2,7-6-13(17)18)8-9-16-21(19,20)12-5-3-4-11(15)10-12/h3-5,10,16H,6-9H2,1-2H3,(H,17,18). The SMILES string of the molecule is CC(C)(CCNS(=O)(=O)c1cccc(Br)c1)CCC(=O)O. The molecule has 2 N–H and O–H groups in total. The molecule has 0 amide bonds. The van der Waals surface area contributed by atoms with Crippen LogP contribution in [0.4, 0.5) is 0 Å². The summed E-state index contributed by atoms with van der Waals surface area (Å²) in [7, 11) is -3.53. The number of hydrogen-bond donors (Lipinski definition) is 2. The predicted octanol–water partition coefficient (Wildman–Crippen LogP) is 3.01. The van der Waals surface area contributed by atoms with Gasteiger partial charge in [-0.25, -0.2) is 13.1 Å². The second kappa shape index (κ2) is 7.38. The van der Waals surface area contributed by atoms with Crippen LogP contribution in [0.25, 0.3) is 0 Å². The van der Waals surface area contributed by atoms with E-state index in [1.165, 1.54) is 12.1 Å². The summed E-state index contributed by atoms with van der Waals surface area (Å²) in [6.07, 6.45) is 1.18. The molecule has 0 bridgehead atoms. The van der Waals surface area contributed by atoms with Crippen LogP contribution in [0.15, 0.2) is 33.6 Å². The van der Waals surface area contributed by atoms with Gasteiger partial charge in [-0.3, -0.25) is 4.79 Å². The summed E-state index contributed by atoms with van der Waals surface area (Å²) < 4.78 is 27.5. The number of hydrogen-bond acceptors (Lipinski definition) is 3. The van der Waals surface area contributed by atoms with Gasteiger partial charge in [-0.1, -0.05) is 35.8 Å². The highest BCUT2D eigenvalue weighted by Crippen LogP contribution is 2.26. The van der Waals surface area contributed by atoms with E-state index in [1.54, 1.807) is 12.1 Å². The van der Waals surface area contributed by atoms with E-state index in [1.807, 2.05) is 13.8 Å². The van der Waals surface area contributed by atoms with E-state index in [2.05, 4.69) is 20.7 Å². The zero-order valence-electron chi connectivity index (χ0n) is 12.1. The molecule has 0 spiro atoms. The number of carboxylic acids is 1. The van der Waals surface area contributed by atoms with Gasteiger partial charge >= 0.3 is 5.97 Å². The summed E-state index contributed by atoms with van der Waals surface area (Å²) in [4.78, 5) is 10.8. The Morgan fingerprint density at radius 3 is 2.57 bits per heavy atom. The average Bonchev–Trinajstić information content (AvgIpc) is 2.36. The van der Waals surface area contributed by atoms with Crippen molar-refractivity contribution in [3.05, 3.63) is 28.7 Å². The van der Waals surface area contributed by atoms with E-state index in [0.29, 0.717) is 17.3 Å². The Kier molecular flexibility index (Phi) is 6.37. The fraction of sp³-hybridized carbons (Fsp3) is 0.500. The maximum atomic E-state index is 12.1. The average molecular weight is 378 g/mol. The molecular formula is C14H20BrNO4S. The molecule has 0 aromatic heterocycles. The molecule has 0 atom stereocenters. The van der Waals surface area contributed by atoms with Crippen molar-refractivity contribution in [3.63, 3.8) is 0 Å². The minimum atomic E-state index is -3.53. The highest BCUT2D eigenvalue weighted by molar-refractivity contribution is 9.10. The summed E-state index contributed by atoms with van der Waals surface area (Å²) in [5.41, 5.74) is -0.224. The molecule has 1 rings (SSSR count). The van der Waals surface area contributed by atoms with E-state index in [4.69, 9.17) is 5.11 Å². The normalized spacial score (nSPS) is 12.3. The maximum absolute atomic E-state index is 12.1. The van der Waals surface area contributed by atoms with Crippen LogP contribution in [0.2, 0.25) is 0 Å². The number of sulfonamides is 1. The van der Waals surface area contributed by atoms with Gasteiger partial charge < -0.3 is 5.11 Å². The van der Waals surface area contributed by atoms with E-state index < -0.39 is 16.0 Å². The summed E-state index contributed by atoms with van der Waals surface area (Å²) >= 11 is 3.24. The lowest BCUT2D eigenvalue weighted by Crippen LogP contribution is -2.28. The van der Waals surface area contributed by atoms with E-state index in [9.17, 15) is 13.2 Å². The van der Waals surface area contributed by atoms with Crippen LogP contribution in [0, 0.1) is 5.41 Å². The van der Waals surface area contributed by atoms with Crippen molar-refractivity contribution in [3.8, 4) is 0 Å². The van der Waals surface area contributed by atoms with Crippen LogP contribution in [0.1, 0.15) is 33.1 Å². The molecule has 0 unspecified atom stereocenters. The molecule has 0 fully saturated rings. The molecule has 1 aromatic rings. The monoisotopic (exact) mass is 377 g/mol. The fourth-order valence-electron chi connectivity index (χ4n) is 1.81. The maximum Gasteiger partial charge on any atom is 0.303 e. The number of halogens is 1. The first-order valence-electron chi connectivity index (χ1n) is 6.59. The molecule has 5 nitrogen and oxygen atoms in total. The Hall–Kier alpha value is -0.920. The Morgan fingerprint density at radius 1 is 1.33 bits per heavy atom. The van der Waals surface area contributed by atoms with Crippen LogP contribution in [-0.2, 0) is 14.8 Å². The molecule has 21 heavy (non-hydrogen) atoms. The summed E-state index contributed by atoms with van der Waals surface area (Å²) in [6.45, 7) is 4.15. The predicted molar refractivity (Wildman–Crippen MR) is 84.6 cm³/mol. The molecule has 0 aliphatic heterocycles. The molecule has 118 valence electrons. The van der Waals surface area contributed by atoms with Crippen molar-refractivity contribution >= 4 is 31.9 Å². The summed E-state index contributed by atoms with van der Waals surface area (Å²) in [5.74, 6) is -0.835. The molecule has 7 heteroatoms. The van der Waals surface area contributed by atoms with Crippen LogP contribution in [0.5, 0.6) is 0 Å². The topological polar surface area (TPSA) is 83.5 Å². The molecule has 0 aliphatic carbocycles. The second-order valence-corrected chi connectivity index (χ2v) is 8.35. The zero-order valence-corrected chi connectivity index (χ0v) is 14.5. The van der Waals surface area contributed by atoms with Crippen molar-refractivity contribution in [2.24, 2.45) is 5.41 Å². The van der Waals surface area contributed by atoms with Gasteiger partial charge in [-0.15, -0.1) is 0 Å². The third kappa shape index (κ3) is 6.58. The summed E-state index contributed by atoms with van der Waals surface area (Å²) in [5, 5.41) is 8.69. The number of carbonyl (C=O) groups is 1. The van der Waals surface area contributed by atoms with Gasteiger partial charge in [0, 0.05) is 17.4 Å². The zero-order chi connectivity index (χ0) is 16.1. The lowest BCUT2D eigenvalue weighted by molar-refractivity contribution is -0.137. The highest BCUT2D eigenvalue weighted by atomic mass is 79.9. The number of carboxylic acid groups (broad SMARTS) is 1. The van der Waals surface area contributed by atoms with Gasteiger partial charge in [0.1, 0.15) is 0 Å². The molecule has 0 aliphatic rings. The molecule has 1 aromatic carbocycles.